The van der Waals surface area contributed by atoms with Gasteiger partial charge in [-0.2, -0.15) is 26.3 Å². The third-order valence-electron chi connectivity index (χ3n) is 5.33. The molecule has 1 aliphatic carbocycles. The van der Waals surface area contributed by atoms with Crippen molar-refractivity contribution in [1.29, 1.82) is 0 Å². The predicted molar refractivity (Wildman–Crippen MR) is 102 cm³/mol. The van der Waals surface area contributed by atoms with Gasteiger partial charge in [0.1, 0.15) is 22.3 Å². The molecule has 0 spiro atoms. The highest BCUT2D eigenvalue weighted by atomic mass is 19.4. The van der Waals surface area contributed by atoms with Crippen LogP contribution in [-0.4, -0.2) is 34.2 Å². The second-order valence-corrected chi connectivity index (χ2v) is 7.88. The molecule has 0 saturated heterocycles. The first-order chi connectivity index (χ1) is 15.4. The fraction of sp³-hybridized carbons (Fsp3) is 0.381. The van der Waals surface area contributed by atoms with Crippen LogP contribution in [0.15, 0.2) is 35.0 Å². The number of hydrogen-bond acceptors (Lipinski definition) is 5. The molecule has 0 unspecified atom stereocenters. The molecular formula is C21H16F6N2O4. The van der Waals surface area contributed by atoms with Crippen LogP contribution in [0.3, 0.4) is 0 Å². The summed E-state index contributed by atoms with van der Waals surface area (Å²) in [6.07, 6.45) is -8.27. The molecule has 33 heavy (non-hydrogen) atoms. The minimum absolute atomic E-state index is 0.0557. The predicted octanol–water partition coefficient (Wildman–Crippen LogP) is 5.82. The number of benzene rings is 2. The van der Waals surface area contributed by atoms with Gasteiger partial charge in [-0.25, -0.2) is 4.63 Å². The van der Waals surface area contributed by atoms with Crippen LogP contribution < -0.4 is 4.74 Å². The molecule has 1 aliphatic rings. The van der Waals surface area contributed by atoms with E-state index in [4.69, 9.17) is 0 Å². The number of carbonyl (C=O) groups is 1. The van der Waals surface area contributed by atoms with E-state index in [1.54, 1.807) is 0 Å². The van der Waals surface area contributed by atoms with Crippen molar-refractivity contribution in [2.45, 2.75) is 37.5 Å². The minimum Gasteiger partial charge on any atom is -0.483 e. The Labute approximate surface area is 182 Å². The zero-order chi connectivity index (χ0) is 24.0. The van der Waals surface area contributed by atoms with E-state index < -0.39 is 47.7 Å². The smallest absolute Gasteiger partial charge is 0.422 e. The van der Waals surface area contributed by atoms with Crippen molar-refractivity contribution in [3.63, 3.8) is 0 Å². The van der Waals surface area contributed by atoms with Gasteiger partial charge in [0.25, 0.3) is 0 Å². The molecule has 0 radical (unpaired) electrons. The van der Waals surface area contributed by atoms with Crippen molar-refractivity contribution in [2.75, 3.05) is 6.61 Å². The molecule has 0 aliphatic heterocycles. The van der Waals surface area contributed by atoms with Gasteiger partial charge in [0, 0.05) is 0 Å². The molecule has 1 heterocycles. The van der Waals surface area contributed by atoms with Gasteiger partial charge in [0.05, 0.1) is 5.92 Å². The molecule has 1 atom stereocenters. The number of carboxylic acids is 1. The lowest BCUT2D eigenvalue weighted by Gasteiger charge is -2.22. The summed E-state index contributed by atoms with van der Waals surface area (Å²) in [5, 5.41) is 16.8. The first kappa shape index (κ1) is 22.9. The van der Waals surface area contributed by atoms with E-state index >= 15 is 0 Å². The summed E-state index contributed by atoms with van der Waals surface area (Å²) in [4.78, 5) is 11.9. The Kier molecular flexibility index (Phi) is 5.71. The van der Waals surface area contributed by atoms with E-state index in [1.165, 1.54) is 18.2 Å². The summed E-state index contributed by atoms with van der Waals surface area (Å²) in [6, 6.07) is 5.62. The maximum absolute atomic E-state index is 14.1. The van der Waals surface area contributed by atoms with Gasteiger partial charge in [0.2, 0.25) is 0 Å². The van der Waals surface area contributed by atoms with E-state index in [2.05, 4.69) is 19.7 Å². The summed E-state index contributed by atoms with van der Waals surface area (Å²) in [7, 11) is 0. The quantitative estimate of drug-likeness (QED) is 0.435. The zero-order valence-electron chi connectivity index (χ0n) is 16.7. The zero-order valence-corrected chi connectivity index (χ0v) is 16.7. The van der Waals surface area contributed by atoms with E-state index in [9.17, 15) is 36.2 Å². The maximum atomic E-state index is 14.1. The second kappa shape index (κ2) is 8.23. The van der Waals surface area contributed by atoms with Crippen LogP contribution in [0, 0.1) is 5.92 Å². The minimum atomic E-state index is -5.10. The van der Waals surface area contributed by atoms with E-state index in [1.807, 2.05) is 0 Å². The number of fused-ring (bicyclic) bond motifs is 1. The number of carboxylic acid groups (broad SMARTS) is 1. The average molecular weight is 474 g/mol. The lowest BCUT2D eigenvalue weighted by Crippen LogP contribution is -2.22. The summed E-state index contributed by atoms with van der Waals surface area (Å²) >= 11 is 0. The van der Waals surface area contributed by atoms with Crippen molar-refractivity contribution in [3.05, 3.63) is 41.5 Å². The second-order valence-electron chi connectivity index (χ2n) is 7.88. The van der Waals surface area contributed by atoms with Gasteiger partial charge < -0.3 is 9.84 Å². The number of nitrogens with zero attached hydrogens (tertiary/aromatic N) is 2. The van der Waals surface area contributed by atoms with Crippen molar-refractivity contribution in [3.8, 4) is 16.9 Å². The Hall–Kier alpha value is -3.31. The highest BCUT2D eigenvalue weighted by Gasteiger charge is 2.41. The van der Waals surface area contributed by atoms with Gasteiger partial charge >= 0.3 is 18.3 Å². The molecule has 1 aromatic heterocycles. The number of aliphatic carboxylic acids is 1. The molecule has 3 aromatic rings. The Bertz CT molecular complexity index is 1180. The van der Waals surface area contributed by atoms with Crippen LogP contribution in [0.1, 0.15) is 36.3 Å². The number of rotatable bonds is 7. The number of hydrogen-bond donors (Lipinski definition) is 1. The summed E-state index contributed by atoms with van der Waals surface area (Å²) in [5.41, 5.74) is -1.72. The largest absolute Gasteiger partial charge is 0.483 e. The van der Waals surface area contributed by atoms with Gasteiger partial charge in [0.15, 0.2) is 6.61 Å². The number of alkyl halides is 6. The first-order valence-electron chi connectivity index (χ1n) is 9.82. The highest BCUT2D eigenvalue weighted by molar-refractivity contribution is 5.84. The highest BCUT2D eigenvalue weighted by Crippen LogP contribution is 2.47. The van der Waals surface area contributed by atoms with E-state index in [0.717, 1.165) is 25.0 Å². The van der Waals surface area contributed by atoms with Crippen molar-refractivity contribution < 1.29 is 45.6 Å². The van der Waals surface area contributed by atoms with Crippen LogP contribution in [0.4, 0.5) is 26.3 Å². The lowest BCUT2D eigenvalue weighted by atomic mass is 9.88. The number of aromatic nitrogens is 2. The summed E-state index contributed by atoms with van der Waals surface area (Å²) < 4.78 is 89.6. The molecular weight excluding hydrogens is 458 g/mol. The van der Waals surface area contributed by atoms with Crippen LogP contribution in [0.5, 0.6) is 5.75 Å². The van der Waals surface area contributed by atoms with Crippen LogP contribution in [0.25, 0.3) is 22.2 Å². The molecule has 1 N–H and O–H groups in total. The summed E-state index contributed by atoms with van der Waals surface area (Å²) in [5.74, 6) is -3.49. The summed E-state index contributed by atoms with van der Waals surface area (Å²) in [6.45, 7) is -1.97. The molecule has 4 rings (SSSR count). The average Bonchev–Trinajstić information content (AvgIpc) is 3.42. The Morgan fingerprint density at radius 3 is 2.39 bits per heavy atom. The SMILES string of the molecule is O=C(O)[C@H](CC1CC1)c1cc(OCC(F)(F)F)c(C(F)(F)F)c(-c2ccc3nonc3c2)c1. The molecule has 1 fully saturated rings. The van der Waals surface area contributed by atoms with Gasteiger partial charge in [-0.1, -0.05) is 18.9 Å². The monoisotopic (exact) mass is 474 g/mol. The Balaban J connectivity index is 1.92. The van der Waals surface area contributed by atoms with Crippen molar-refractivity contribution in [1.82, 2.24) is 10.3 Å². The van der Waals surface area contributed by atoms with E-state index in [0.29, 0.717) is 0 Å². The van der Waals surface area contributed by atoms with Crippen molar-refractivity contribution >= 4 is 17.0 Å². The Morgan fingerprint density at radius 2 is 1.79 bits per heavy atom. The molecule has 1 saturated carbocycles. The van der Waals surface area contributed by atoms with Gasteiger partial charge in [-0.3, -0.25) is 4.79 Å². The van der Waals surface area contributed by atoms with Crippen LogP contribution in [0.2, 0.25) is 0 Å². The molecule has 0 amide bonds. The molecule has 176 valence electrons. The molecule has 12 heteroatoms. The normalized spacial score (nSPS) is 15.6. The molecule has 0 bridgehead atoms. The fourth-order valence-corrected chi connectivity index (χ4v) is 3.65. The topological polar surface area (TPSA) is 85.5 Å². The first-order valence-corrected chi connectivity index (χ1v) is 9.82. The van der Waals surface area contributed by atoms with Crippen LogP contribution >= 0.6 is 0 Å². The Morgan fingerprint density at radius 1 is 1.09 bits per heavy atom. The standard InChI is InChI=1S/C21H16F6N2O4/c22-20(23,24)9-32-17-8-12(14(19(30)31)5-10-1-2-10)6-13(18(17)21(25,26)27)11-3-4-15-16(7-11)29-33-28-15/h3-4,6-8,10,14H,1-2,5,9H2,(H,30,31)/t14-/m1/s1. The van der Waals surface area contributed by atoms with Gasteiger partial charge in [-0.05, 0) is 63.6 Å². The molecule has 6 nitrogen and oxygen atoms in total. The number of ether oxygens (including phenoxy) is 1. The van der Waals surface area contributed by atoms with Crippen molar-refractivity contribution in [2.24, 2.45) is 5.92 Å². The lowest BCUT2D eigenvalue weighted by molar-refractivity contribution is -0.158. The third-order valence-corrected chi connectivity index (χ3v) is 5.33. The number of halogens is 6. The van der Waals surface area contributed by atoms with E-state index in [-0.39, 0.29) is 34.5 Å². The fourth-order valence-electron chi connectivity index (χ4n) is 3.65. The third kappa shape index (κ3) is 5.20. The molecule has 2 aromatic carbocycles. The maximum Gasteiger partial charge on any atom is 0.422 e. The van der Waals surface area contributed by atoms with Gasteiger partial charge in [-0.15, -0.1) is 0 Å². The van der Waals surface area contributed by atoms with Crippen LogP contribution in [-0.2, 0) is 11.0 Å².